The van der Waals surface area contributed by atoms with E-state index in [1.165, 1.54) is 19.3 Å². The van der Waals surface area contributed by atoms with Crippen LogP contribution in [0.25, 0.3) is 0 Å². The summed E-state index contributed by atoms with van der Waals surface area (Å²) < 4.78 is 0. The van der Waals surface area contributed by atoms with Crippen LogP contribution < -0.4 is 11.1 Å². The van der Waals surface area contributed by atoms with E-state index in [9.17, 15) is 4.79 Å². The summed E-state index contributed by atoms with van der Waals surface area (Å²) in [6.07, 6.45) is 7.49. The van der Waals surface area contributed by atoms with Crippen LogP contribution in [-0.2, 0) is 6.42 Å². The van der Waals surface area contributed by atoms with Gasteiger partial charge in [0.15, 0.2) is 0 Å². The molecule has 1 aliphatic rings. The van der Waals surface area contributed by atoms with Gasteiger partial charge in [-0.3, -0.25) is 9.78 Å². The Morgan fingerprint density at radius 3 is 3.00 bits per heavy atom. The summed E-state index contributed by atoms with van der Waals surface area (Å²) in [6.45, 7) is 1.33. The lowest BCUT2D eigenvalue weighted by Gasteiger charge is -2.25. The minimum Gasteiger partial charge on any atom is -0.352 e. The molecule has 0 aromatic carbocycles. The molecule has 1 heterocycles. The zero-order valence-electron chi connectivity index (χ0n) is 10.7. The Hall–Kier alpha value is -1.42. The number of carbonyl (C=O) groups is 1. The average molecular weight is 247 g/mol. The zero-order valence-corrected chi connectivity index (χ0v) is 10.7. The molecule has 4 nitrogen and oxygen atoms in total. The van der Waals surface area contributed by atoms with Crippen molar-refractivity contribution in [2.24, 2.45) is 11.7 Å². The fraction of sp³-hybridized carbons (Fsp3) is 0.571. The van der Waals surface area contributed by atoms with Gasteiger partial charge in [-0.25, -0.2) is 0 Å². The quantitative estimate of drug-likeness (QED) is 0.800. The maximum absolute atomic E-state index is 11.9. The minimum absolute atomic E-state index is 0.00463. The lowest BCUT2D eigenvalue weighted by molar-refractivity contribution is 0.0948. The number of hydrogen-bond donors (Lipinski definition) is 2. The summed E-state index contributed by atoms with van der Waals surface area (Å²) in [6, 6.07) is 3.57. The second-order valence-electron chi connectivity index (χ2n) is 4.92. The molecule has 1 aromatic rings. The predicted octanol–water partition coefficient (Wildman–Crippen LogP) is 1.50. The van der Waals surface area contributed by atoms with Crippen molar-refractivity contribution in [2.45, 2.75) is 32.1 Å². The predicted molar refractivity (Wildman–Crippen MR) is 71.3 cm³/mol. The van der Waals surface area contributed by atoms with E-state index in [4.69, 9.17) is 5.73 Å². The highest BCUT2D eigenvalue weighted by molar-refractivity contribution is 5.94. The number of nitrogens with one attached hydrogen (secondary N) is 1. The molecular weight excluding hydrogens is 226 g/mol. The number of aromatic nitrogens is 1. The molecule has 1 saturated carbocycles. The molecule has 1 aromatic heterocycles. The van der Waals surface area contributed by atoms with E-state index in [0.29, 0.717) is 18.5 Å². The standard InChI is InChI=1S/C14H21N3O/c15-7-4-13-10-12(6-9-16-13)14(18)17-8-5-11-2-1-3-11/h6,9-11H,1-5,7-8,15H2,(H,17,18). The van der Waals surface area contributed by atoms with Crippen LogP contribution in [0, 0.1) is 5.92 Å². The molecule has 3 N–H and O–H groups in total. The average Bonchev–Trinajstić information content (AvgIpc) is 2.33. The van der Waals surface area contributed by atoms with Crippen LogP contribution in [0.4, 0.5) is 0 Å². The van der Waals surface area contributed by atoms with Crippen LogP contribution in [0.3, 0.4) is 0 Å². The van der Waals surface area contributed by atoms with E-state index in [0.717, 1.165) is 24.6 Å². The third kappa shape index (κ3) is 3.53. The molecule has 0 bridgehead atoms. The first-order valence-electron chi connectivity index (χ1n) is 6.73. The van der Waals surface area contributed by atoms with Crippen molar-refractivity contribution < 1.29 is 4.79 Å². The normalized spacial score (nSPS) is 15.2. The van der Waals surface area contributed by atoms with Gasteiger partial charge in [-0.15, -0.1) is 0 Å². The molecule has 1 aliphatic carbocycles. The maximum atomic E-state index is 11.9. The molecule has 0 aliphatic heterocycles. The second-order valence-corrected chi connectivity index (χ2v) is 4.92. The molecule has 2 rings (SSSR count). The van der Waals surface area contributed by atoms with E-state index in [-0.39, 0.29) is 5.91 Å². The van der Waals surface area contributed by atoms with Crippen LogP contribution in [0.2, 0.25) is 0 Å². The Kier molecular flexibility index (Phi) is 4.70. The summed E-state index contributed by atoms with van der Waals surface area (Å²) in [5, 5.41) is 2.97. The number of amides is 1. The SMILES string of the molecule is NCCc1cc(C(=O)NCCC2CCC2)ccn1. The smallest absolute Gasteiger partial charge is 0.251 e. The van der Waals surface area contributed by atoms with Gasteiger partial charge in [-0.1, -0.05) is 19.3 Å². The summed E-state index contributed by atoms with van der Waals surface area (Å²) in [5.41, 5.74) is 7.04. The third-order valence-electron chi connectivity index (χ3n) is 3.54. The monoisotopic (exact) mass is 247 g/mol. The van der Waals surface area contributed by atoms with Gasteiger partial charge in [0.1, 0.15) is 0 Å². The number of carbonyl (C=O) groups excluding carboxylic acids is 1. The largest absolute Gasteiger partial charge is 0.352 e. The Balaban J connectivity index is 1.81. The summed E-state index contributed by atoms with van der Waals surface area (Å²) in [7, 11) is 0. The molecule has 98 valence electrons. The van der Waals surface area contributed by atoms with E-state index in [2.05, 4.69) is 10.3 Å². The molecule has 0 unspecified atom stereocenters. The van der Waals surface area contributed by atoms with Gasteiger partial charge >= 0.3 is 0 Å². The Bertz CT molecular complexity index is 402. The first kappa shape index (κ1) is 13.0. The number of nitrogens with zero attached hydrogens (tertiary/aromatic N) is 1. The van der Waals surface area contributed by atoms with Crippen molar-refractivity contribution in [3.05, 3.63) is 29.6 Å². The molecular formula is C14H21N3O. The van der Waals surface area contributed by atoms with Crippen LogP contribution in [-0.4, -0.2) is 24.0 Å². The van der Waals surface area contributed by atoms with Gasteiger partial charge in [0.05, 0.1) is 0 Å². The van der Waals surface area contributed by atoms with E-state index < -0.39 is 0 Å². The maximum Gasteiger partial charge on any atom is 0.251 e. The summed E-state index contributed by atoms with van der Waals surface area (Å²) in [5.74, 6) is 0.825. The third-order valence-corrected chi connectivity index (χ3v) is 3.54. The number of rotatable bonds is 6. The van der Waals surface area contributed by atoms with Crippen molar-refractivity contribution in [3.8, 4) is 0 Å². The lowest BCUT2D eigenvalue weighted by atomic mass is 9.83. The van der Waals surface area contributed by atoms with E-state index >= 15 is 0 Å². The fourth-order valence-electron chi connectivity index (χ4n) is 2.18. The minimum atomic E-state index is -0.00463. The second kappa shape index (κ2) is 6.50. The highest BCUT2D eigenvalue weighted by Gasteiger charge is 2.17. The van der Waals surface area contributed by atoms with E-state index in [1.807, 2.05) is 6.07 Å². The first-order valence-corrected chi connectivity index (χ1v) is 6.73. The van der Waals surface area contributed by atoms with Gasteiger partial charge in [0.25, 0.3) is 5.91 Å². The van der Waals surface area contributed by atoms with Crippen molar-refractivity contribution in [1.82, 2.24) is 10.3 Å². The highest BCUT2D eigenvalue weighted by atomic mass is 16.1. The Morgan fingerprint density at radius 1 is 1.50 bits per heavy atom. The number of pyridine rings is 1. The topological polar surface area (TPSA) is 68.0 Å². The zero-order chi connectivity index (χ0) is 12.8. The van der Waals surface area contributed by atoms with E-state index in [1.54, 1.807) is 12.3 Å². The highest BCUT2D eigenvalue weighted by Crippen LogP contribution is 2.28. The van der Waals surface area contributed by atoms with Gasteiger partial charge in [-0.2, -0.15) is 0 Å². The molecule has 0 spiro atoms. The summed E-state index contributed by atoms with van der Waals surface area (Å²) in [4.78, 5) is 16.1. The molecule has 4 heteroatoms. The summed E-state index contributed by atoms with van der Waals surface area (Å²) >= 11 is 0. The molecule has 18 heavy (non-hydrogen) atoms. The van der Waals surface area contributed by atoms with Gasteiger partial charge in [0.2, 0.25) is 0 Å². The fourth-order valence-corrected chi connectivity index (χ4v) is 2.18. The van der Waals surface area contributed by atoms with Crippen molar-refractivity contribution in [1.29, 1.82) is 0 Å². The van der Waals surface area contributed by atoms with Crippen LogP contribution in [0.1, 0.15) is 41.7 Å². The molecule has 0 radical (unpaired) electrons. The molecule has 0 saturated heterocycles. The first-order chi connectivity index (χ1) is 8.79. The van der Waals surface area contributed by atoms with Crippen molar-refractivity contribution in [3.63, 3.8) is 0 Å². The van der Waals surface area contributed by atoms with Gasteiger partial charge in [0, 0.05) is 30.4 Å². The molecule has 1 amide bonds. The van der Waals surface area contributed by atoms with Crippen LogP contribution in [0.15, 0.2) is 18.3 Å². The van der Waals surface area contributed by atoms with Crippen molar-refractivity contribution >= 4 is 5.91 Å². The van der Waals surface area contributed by atoms with Gasteiger partial charge in [-0.05, 0) is 31.0 Å². The van der Waals surface area contributed by atoms with Crippen LogP contribution >= 0.6 is 0 Å². The lowest BCUT2D eigenvalue weighted by Crippen LogP contribution is -2.27. The number of hydrogen-bond acceptors (Lipinski definition) is 3. The Labute approximate surface area is 108 Å². The van der Waals surface area contributed by atoms with Crippen molar-refractivity contribution in [2.75, 3.05) is 13.1 Å². The Morgan fingerprint density at radius 2 is 2.33 bits per heavy atom. The number of nitrogens with two attached hydrogens (primary N) is 1. The molecule has 0 atom stereocenters. The molecule has 1 fully saturated rings. The van der Waals surface area contributed by atoms with Gasteiger partial charge < -0.3 is 11.1 Å². The van der Waals surface area contributed by atoms with Crippen LogP contribution in [0.5, 0.6) is 0 Å².